The first kappa shape index (κ1) is 20.3. The summed E-state index contributed by atoms with van der Waals surface area (Å²) in [5.41, 5.74) is 1.26. The van der Waals surface area contributed by atoms with Crippen LogP contribution in [-0.4, -0.2) is 26.6 Å². The molecule has 2 N–H and O–H groups in total. The fraction of sp³-hybridized carbons (Fsp3) is 0.235. The summed E-state index contributed by atoms with van der Waals surface area (Å²) in [6.07, 6.45) is 0. The number of hydrogen-bond acceptors (Lipinski definition) is 4. The number of hydrogen-bond donors (Lipinski definition) is 2. The average molecular weight is 400 g/mol. The molecule has 0 heterocycles. The number of benzene rings is 2. The van der Waals surface area contributed by atoms with E-state index in [9.17, 15) is 22.0 Å². The Kier molecular flexibility index (Phi) is 6.74. The van der Waals surface area contributed by atoms with Gasteiger partial charge in [-0.15, -0.1) is 0 Å². The smallest absolute Gasteiger partial charge is 0.288 e. The minimum absolute atomic E-state index is 0.00113. The molecule has 2 aromatic rings. The molecule has 9 heteroatoms. The highest BCUT2D eigenvalue weighted by molar-refractivity contribution is 7.99. The molecule has 2 aromatic carbocycles. The fourth-order valence-electron chi connectivity index (χ4n) is 2.20. The zero-order chi connectivity index (χ0) is 19.3. The second-order valence-corrected chi connectivity index (χ2v) is 8.17. The standard InChI is InChI=1S/C17H18F2N2O3S2/c1-3-20-26(23,24)14-9-4-11(2)15(10-14)16(22)21-12-5-7-13(8-6-12)25-17(18)19/h4-10,17,20H,3H2,1-2H3,(H,21,22). The van der Waals surface area contributed by atoms with Crippen molar-refractivity contribution in [1.82, 2.24) is 4.72 Å². The number of halogens is 2. The molecule has 0 aromatic heterocycles. The quantitative estimate of drug-likeness (QED) is 0.692. The van der Waals surface area contributed by atoms with Crippen LogP contribution in [0.1, 0.15) is 22.8 Å². The molecule has 0 spiro atoms. The van der Waals surface area contributed by atoms with E-state index >= 15 is 0 Å². The first-order valence-electron chi connectivity index (χ1n) is 7.69. The van der Waals surface area contributed by atoms with Crippen molar-refractivity contribution in [2.24, 2.45) is 0 Å². The highest BCUT2D eigenvalue weighted by Gasteiger charge is 2.17. The number of alkyl halides is 2. The zero-order valence-electron chi connectivity index (χ0n) is 14.1. The van der Waals surface area contributed by atoms with E-state index in [1.807, 2.05) is 0 Å². The highest BCUT2D eigenvalue weighted by Crippen LogP contribution is 2.26. The summed E-state index contributed by atoms with van der Waals surface area (Å²) in [5.74, 6) is -3.00. The maximum Gasteiger partial charge on any atom is 0.288 e. The Morgan fingerprint density at radius 2 is 1.81 bits per heavy atom. The van der Waals surface area contributed by atoms with E-state index in [2.05, 4.69) is 10.0 Å². The number of nitrogens with one attached hydrogen (secondary N) is 2. The Morgan fingerprint density at radius 3 is 2.38 bits per heavy atom. The molecule has 0 radical (unpaired) electrons. The largest absolute Gasteiger partial charge is 0.322 e. The summed E-state index contributed by atoms with van der Waals surface area (Å²) < 4.78 is 51.2. The molecular formula is C17H18F2N2O3S2. The third-order valence-corrected chi connectivity index (χ3v) is 5.70. The molecule has 2 rings (SSSR count). The maximum absolute atomic E-state index is 12.5. The van der Waals surface area contributed by atoms with Gasteiger partial charge in [-0.1, -0.05) is 24.8 Å². The van der Waals surface area contributed by atoms with Crippen molar-refractivity contribution in [1.29, 1.82) is 0 Å². The summed E-state index contributed by atoms with van der Waals surface area (Å²) in [5, 5.41) is 2.64. The van der Waals surface area contributed by atoms with E-state index in [4.69, 9.17) is 0 Å². The molecule has 0 aliphatic heterocycles. The van der Waals surface area contributed by atoms with Gasteiger partial charge in [0.2, 0.25) is 10.0 Å². The van der Waals surface area contributed by atoms with Gasteiger partial charge in [0.25, 0.3) is 11.7 Å². The molecule has 0 saturated heterocycles. The molecule has 0 unspecified atom stereocenters. The lowest BCUT2D eigenvalue weighted by Crippen LogP contribution is -2.24. The predicted octanol–water partition coefficient (Wildman–Crippen LogP) is 3.86. The second kappa shape index (κ2) is 8.61. The van der Waals surface area contributed by atoms with Crippen molar-refractivity contribution in [3.05, 3.63) is 53.6 Å². The van der Waals surface area contributed by atoms with Crippen LogP contribution in [0.5, 0.6) is 0 Å². The zero-order valence-corrected chi connectivity index (χ0v) is 15.8. The lowest BCUT2D eigenvalue weighted by molar-refractivity contribution is 0.102. The summed E-state index contributed by atoms with van der Waals surface area (Å²) in [6, 6.07) is 10.3. The number of anilines is 1. The van der Waals surface area contributed by atoms with Gasteiger partial charge in [-0.3, -0.25) is 4.79 Å². The van der Waals surface area contributed by atoms with Crippen LogP contribution < -0.4 is 10.0 Å². The van der Waals surface area contributed by atoms with E-state index in [1.165, 1.54) is 36.4 Å². The molecule has 0 aliphatic carbocycles. The topological polar surface area (TPSA) is 75.3 Å². The Hall–Kier alpha value is -1.97. The van der Waals surface area contributed by atoms with Crippen molar-refractivity contribution in [3.8, 4) is 0 Å². The third-order valence-electron chi connectivity index (χ3n) is 3.44. The van der Waals surface area contributed by atoms with Gasteiger partial charge in [0.15, 0.2) is 0 Å². The van der Waals surface area contributed by atoms with Crippen LogP contribution in [0.3, 0.4) is 0 Å². The first-order chi connectivity index (χ1) is 12.2. The van der Waals surface area contributed by atoms with Gasteiger partial charge in [0, 0.05) is 22.7 Å². The lowest BCUT2D eigenvalue weighted by atomic mass is 10.1. The van der Waals surface area contributed by atoms with Gasteiger partial charge < -0.3 is 5.32 Å². The highest BCUT2D eigenvalue weighted by atomic mass is 32.2. The molecule has 0 aliphatic rings. The lowest BCUT2D eigenvalue weighted by Gasteiger charge is -2.11. The summed E-state index contributed by atoms with van der Waals surface area (Å²) in [4.78, 5) is 12.9. The van der Waals surface area contributed by atoms with Gasteiger partial charge >= 0.3 is 0 Å². The molecule has 1 amide bonds. The van der Waals surface area contributed by atoms with Crippen LogP contribution in [0.25, 0.3) is 0 Å². The van der Waals surface area contributed by atoms with E-state index in [0.717, 1.165) is 0 Å². The molecular weight excluding hydrogens is 382 g/mol. The van der Waals surface area contributed by atoms with Gasteiger partial charge in [-0.05, 0) is 48.9 Å². The number of sulfonamides is 1. The number of carbonyl (C=O) groups excluding carboxylic acids is 1. The molecule has 0 saturated carbocycles. The Labute approximate surface area is 155 Å². The van der Waals surface area contributed by atoms with Gasteiger partial charge in [0.1, 0.15) is 0 Å². The van der Waals surface area contributed by atoms with E-state index < -0.39 is 21.7 Å². The van der Waals surface area contributed by atoms with Crippen LogP contribution in [0.15, 0.2) is 52.3 Å². The summed E-state index contributed by atoms with van der Waals surface area (Å²) in [6.45, 7) is 3.59. The van der Waals surface area contributed by atoms with Crippen LogP contribution in [0.4, 0.5) is 14.5 Å². The monoisotopic (exact) mass is 400 g/mol. The summed E-state index contributed by atoms with van der Waals surface area (Å²) in [7, 11) is -3.68. The van der Waals surface area contributed by atoms with E-state index in [0.29, 0.717) is 27.9 Å². The maximum atomic E-state index is 12.5. The van der Waals surface area contributed by atoms with Crippen LogP contribution in [0, 0.1) is 6.92 Å². The molecule has 0 bridgehead atoms. The third kappa shape index (κ3) is 5.26. The minimum atomic E-state index is -3.68. The SMILES string of the molecule is CCNS(=O)(=O)c1ccc(C)c(C(=O)Nc2ccc(SC(F)F)cc2)c1. The molecule has 26 heavy (non-hydrogen) atoms. The Balaban J connectivity index is 2.21. The molecule has 0 atom stereocenters. The van der Waals surface area contributed by atoms with Gasteiger partial charge in [-0.25, -0.2) is 13.1 Å². The molecule has 0 fully saturated rings. The Morgan fingerprint density at radius 1 is 1.15 bits per heavy atom. The number of amides is 1. The van der Waals surface area contributed by atoms with Crippen molar-refractivity contribution in [2.45, 2.75) is 29.4 Å². The number of thioether (sulfide) groups is 1. The van der Waals surface area contributed by atoms with Crippen LogP contribution in [-0.2, 0) is 10.0 Å². The Bertz CT molecular complexity index is 885. The van der Waals surface area contributed by atoms with Crippen LogP contribution >= 0.6 is 11.8 Å². The van der Waals surface area contributed by atoms with Crippen LogP contribution in [0.2, 0.25) is 0 Å². The normalized spacial score (nSPS) is 11.6. The fourth-order valence-corrected chi connectivity index (χ4v) is 3.77. The van der Waals surface area contributed by atoms with Crippen molar-refractivity contribution < 1.29 is 22.0 Å². The second-order valence-electron chi connectivity index (χ2n) is 5.34. The number of aryl methyl sites for hydroxylation is 1. The van der Waals surface area contributed by atoms with Crippen molar-refractivity contribution in [3.63, 3.8) is 0 Å². The average Bonchev–Trinajstić information content (AvgIpc) is 2.56. The minimum Gasteiger partial charge on any atom is -0.322 e. The first-order valence-corrected chi connectivity index (χ1v) is 10.1. The van der Waals surface area contributed by atoms with Crippen molar-refractivity contribution >= 4 is 33.4 Å². The molecule has 5 nitrogen and oxygen atoms in total. The molecule has 140 valence electrons. The number of carbonyl (C=O) groups is 1. The van der Waals surface area contributed by atoms with Crippen molar-refractivity contribution in [2.75, 3.05) is 11.9 Å². The summed E-state index contributed by atoms with van der Waals surface area (Å²) >= 11 is 0.414. The van der Waals surface area contributed by atoms with E-state index in [1.54, 1.807) is 19.9 Å². The number of rotatable bonds is 7. The van der Waals surface area contributed by atoms with E-state index in [-0.39, 0.29) is 17.0 Å². The van der Waals surface area contributed by atoms with Gasteiger partial charge in [-0.2, -0.15) is 8.78 Å². The predicted molar refractivity (Wildman–Crippen MR) is 98.3 cm³/mol. The van der Waals surface area contributed by atoms with Gasteiger partial charge in [0.05, 0.1) is 4.90 Å².